The van der Waals surface area contributed by atoms with E-state index in [0.29, 0.717) is 15.9 Å². The van der Waals surface area contributed by atoms with Gasteiger partial charge in [0.2, 0.25) is 0 Å². The number of benzene rings is 1. The lowest BCUT2D eigenvalue weighted by Crippen LogP contribution is -2.61. The lowest BCUT2D eigenvalue weighted by atomic mass is 9.90. The van der Waals surface area contributed by atoms with Crippen LogP contribution in [0.5, 0.6) is 0 Å². The van der Waals surface area contributed by atoms with Crippen LogP contribution in [0.1, 0.15) is 24.8 Å². The summed E-state index contributed by atoms with van der Waals surface area (Å²) in [5.41, 5.74) is 1.47. The smallest absolute Gasteiger partial charge is 0.184 e. The van der Waals surface area contributed by atoms with E-state index in [4.69, 9.17) is 30.5 Å². The molecule has 9 nitrogen and oxygen atoms in total. The number of methoxy groups -OCH3 is 1. The number of ether oxygens (including phenoxy) is 4. The third kappa shape index (κ3) is 3.98. The SMILES string of the molecule is COC1[C@@H](n2cc(-c3nc(Cl)cs3)nn2)[C@H]2OC(c3ccccc3)OCC2O[C@H]1C(C)=O. The highest BCUT2D eigenvalue weighted by atomic mass is 35.5. The van der Waals surface area contributed by atoms with Crippen molar-refractivity contribution in [1.29, 1.82) is 0 Å². The number of hydrogen-bond donors (Lipinski definition) is 0. The van der Waals surface area contributed by atoms with Gasteiger partial charge in [-0.15, -0.1) is 16.4 Å². The van der Waals surface area contributed by atoms with E-state index in [0.717, 1.165) is 5.56 Å². The quantitative estimate of drug-likeness (QED) is 0.554. The highest BCUT2D eigenvalue weighted by molar-refractivity contribution is 7.13. The van der Waals surface area contributed by atoms with Crippen LogP contribution >= 0.6 is 22.9 Å². The Balaban J connectivity index is 1.51. The van der Waals surface area contributed by atoms with E-state index in [1.807, 2.05) is 30.3 Å². The zero-order chi connectivity index (χ0) is 22.2. The summed E-state index contributed by atoms with van der Waals surface area (Å²) in [5, 5.41) is 11.4. The number of thiazole rings is 1. The van der Waals surface area contributed by atoms with Crippen molar-refractivity contribution < 1.29 is 23.7 Å². The minimum absolute atomic E-state index is 0.141. The summed E-state index contributed by atoms with van der Waals surface area (Å²) in [6.07, 6.45) is -1.17. The first-order valence-electron chi connectivity index (χ1n) is 10.1. The van der Waals surface area contributed by atoms with Crippen molar-refractivity contribution in [2.24, 2.45) is 0 Å². The summed E-state index contributed by atoms with van der Waals surface area (Å²) in [4.78, 5) is 16.6. The first kappa shape index (κ1) is 21.6. The number of carbonyl (C=O) groups is 1. The van der Waals surface area contributed by atoms with Crippen LogP contribution in [0.25, 0.3) is 10.7 Å². The number of Topliss-reactive ketones (excluding diaryl/α,β-unsaturated/α-hetero) is 1. The van der Waals surface area contributed by atoms with Crippen LogP contribution in [-0.4, -0.2) is 63.9 Å². The summed E-state index contributed by atoms with van der Waals surface area (Å²) >= 11 is 7.34. The monoisotopic (exact) mass is 476 g/mol. The minimum Gasteiger partial charge on any atom is -0.376 e. The Kier molecular flexibility index (Phi) is 6.06. The van der Waals surface area contributed by atoms with Gasteiger partial charge in [0.1, 0.15) is 46.3 Å². The predicted octanol–water partition coefficient (Wildman–Crippen LogP) is 3.08. The molecule has 11 heteroatoms. The molecule has 3 unspecified atom stereocenters. The van der Waals surface area contributed by atoms with Crippen LogP contribution in [0.3, 0.4) is 0 Å². The molecule has 2 fully saturated rings. The standard InChI is InChI=1S/C21H21ClN4O5S/c1-11(27)17-19(28-2)16(26-8-13(24-25-26)20-23-15(22)10-32-20)18-14(30-17)9-29-21(31-18)12-6-4-3-5-7-12/h3-8,10,14,16-19,21H,9H2,1-2H3/t14?,16-,17-,18-,19?,21?/m0/s1. The topological polar surface area (TPSA) is 97.6 Å². The van der Waals surface area contributed by atoms with Gasteiger partial charge in [-0.3, -0.25) is 4.79 Å². The zero-order valence-electron chi connectivity index (χ0n) is 17.3. The molecule has 1 aromatic carbocycles. The summed E-state index contributed by atoms with van der Waals surface area (Å²) < 4.78 is 25.8. The van der Waals surface area contributed by atoms with Crippen LogP contribution in [0, 0.1) is 0 Å². The van der Waals surface area contributed by atoms with Crippen LogP contribution < -0.4 is 0 Å². The molecule has 2 aromatic heterocycles. The molecule has 2 saturated heterocycles. The molecule has 0 bridgehead atoms. The fourth-order valence-corrected chi connectivity index (χ4v) is 5.06. The Morgan fingerprint density at radius 3 is 2.78 bits per heavy atom. The molecule has 4 heterocycles. The molecule has 0 amide bonds. The molecule has 32 heavy (non-hydrogen) atoms. The Hall–Kier alpha value is -2.21. The largest absolute Gasteiger partial charge is 0.376 e. The summed E-state index contributed by atoms with van der Waals surface area (Å²) in [6.45, 7) is 1.75. The molecular weight excluding hydrogens is 456 g/mol. The van der Waals surface area contributed by atoms with E-state index < -0.39 is 36.7 Å². The summed E-state index contributed by atoms with van der Waals surface area (Å²) in [7, 11) is 1.55. The van der Waals surface area contributed by atoms with Crippen molar-refractivity contribution in [3.05, 3.63) is 52.6 Å². The number of aromatic nitrogens is 4. The first-order valence-corrected chi connectivity index (χ1v) is 11.3. The highest BCUT2D eigenvalue weighted by Gasteiger charge is 2.52. The van der Waals surface area contributed by atoms with Crippen molar-refractivity contribution in [2.45, 2.75) is 43.7 Å². The fourth-order valence-electron chi connectivity index (χ4n) is 4.16. The molecule has 5 rings (SSSR count). The van der Waals surface area contributed by atoms with Crippen molar-refractivity contribution in [1.82, 2.24) is 20.0 Å². The molecule has 0 spiro atoms. The van der Waals surface area contributed by atoms with Crippen molar-refractivity contribution in [3.8, 4) is 10.7 Å². The van der Waals surface area contributed by atoms with Crippen LogP contribution in [0.4, 0.5) is 0 Å². The van der Waals surface area contributed by atoms with Gasteiger partial charge in [-0.25, -0.2) is 9.67 Å². The maximum atomic E-state index is 12.4. The third-order valence-corrected chi connectivity index (χ3v) is 6.80. The van der Waals surface area contributed by atoms with Gasteiger partial charge in [0.15, 0.2) is 12.1 Å². The molecule has 168 valence electrons. The second-order valence-electron chi connectivity index (χ2n) is 7.63. The zero-order valence-corrected chi connectivity index (χ0v) is 18.9. The van der Waals surface area contributed by atoms with Crippen LogP contribution in [-0.2, 0) is 23.7 Å². The number of hydrogen-bond acceptors (Lipinski definition) is 9. The van der Waals surface area contributed by atoms with Gasteiger partial charge in [0, 0.05) is 18.1 Å². The number of halogens is 1. The van der Waals surface area contributed by atoms with Crippen molar-refractivity contribution >= 4 is 28.7 Å². The molecule has 0 aliphatic carbocycles. The third-order valence-electron chi connectivity index (χ3n) is 5.61. The van der Waals surface area contributed by atoms with Gasteiger partial charge in [0.05, 0.1) is 12.8 Å². The van der Waals surface area contributed by atoms with Crippen LogP contribution in [0.2, 0.25) is 5.15 Å². The maximum absolute atomic E-state index is 12.4. The van der Waals surface area contributed by atoms with E-state index in [-0.39, 0.29) is 12.4 Å². The van der Waals surface area contributed by atoms with Crippen LogP contribution in [0.15, 0.2) is 41.9 Å². The average molecular weight is 477 g/mol. The summed E-state index contributed by atoms with van der Waals surface area (Å²) in [6, 6.07) is 9.19. The number of ketones is 1. The lowest BCUT2D eigenvalue weighted by molar-refractivity contribution is -0.314. The highest BCUT2D eigenvalue weighted by Crippen LogP contribution is 2.40. The Bertz CT molecular complexity index is 1090. The first-order chi connectivity index (χ1) is 15.5. The number of rotatable bonds is 5. The predicted molar refractivity (Wildman–Crippen MR) is 115 cm³/mol. The van der Waals surface area contributed by atoms with E-state index >= 15 is 0 Å². The second-order valence-corrected chi connectivity index (χ2v) is 8.88. The molecular formula is C21H21ClN4O5S. The molecule has 0 saturated carbocycles. The van der Waals surface area contributed by atoms with Crippen molar-refractivity contribution in [2.75, 3.05) is 13.7 Å². The Labute approximate surface area is 193 Å². The van der Waals surface area contributed by atoms with E-state index in [1.54, 1.807) is 23.4 Å². The van der Waals surface area contributed by atoms with E-state index in [2.05, 4.69) is 15.3 Å². The van der Waals surface area contributed by atoms with Crippen molar-refractivity contribution in [3.63, 3.8) is 0 Å². The second kappa shape index (κ2) is 8.97. The maximum Gasteiger partial charge on any atom is 0.184 e. The summed E-state index contributed by atoms with van der Waals surface area (Å²) in [5.74, 6) is -0.141. The molecule has 2 aliphatic rings. The minimum atomic E-state index is -0.784. The number of fused-ring (bicyclic) bond motifs is 1. The van der Waals surface area contributed by atoms with Gasteiger partial charge in [-0.1, -0.05) is 47.1 Å². The molecule has 6 atom stereocenters. The average Bonchev–Trinajstić information content (AvgIpc) is 3.47. The van der Waals surface area contributed by atoms with Gasteiger partial charge in [-0.05, 0) is 6.92 Å². The van der Waals surface area contributed by atoms with Gasteiger partial charge in [0.25, 0.3) is 0 Å². The molecule has 2 aliphatic heterocycles. The van der Waals surface area contributed by atoms with E-state index in [9.17, 15) is 4.79 Å². The number of nitrogens with zero attached hydrogens (tertiary/aromatic N) is 4. The van der Waals surface area contributed by atoms with Gasteiger partial charge >= 0.3 is 0 Å². The Morgan fingerprint density at radius 2 is 2.09 bits per heavy atom. The van der Waals surface area contributed by atoms with Gasteiger partial charge < -0.3 is 18.9 Å². The normalized spacial score (nSPS) is 30.1. The van der Waals surface area contributed by atoms with Gasteiger partial charge in [-0.2, -0.15) is 0 Å². The Morgan fingerprint density at radius 1 is 1.28 bits per heavy atom. The fraction of sp³-hybridized carbons (Fsp3) is 0.429. The van der Waals surface area contributed by atoms with E-state index in [1.165, 1.54) is 18.3 Å². The molecule has 0 N–H and O–H groups in total. The lowest BCUT2D eigenvalue weighted by Gasteiger charge is -2.48. The number of carbonyl (C=O) groups excluding carboxylic acids is 1. The molecule has 0 radical (unpaired) electrons. The molecule has 3 aromatic rings.